The molecule has 0 bridgehead atoms. The van der Waals surface area contributed by atoms with Gasteiger partial charge in [-0.05, 0) is 18.6 Å². The number of hydrogen-bond acceptors (Lipinski definition) is 4. The summed E-state index contributed by atoms with van der Waals surface area (Å²) in [4.78, 5) is 15.2. The zero-order valence-corrected chi connectivity index (χ0v) is 8.36. The summed E-state index contributed by atoms with van der Waals surface area (Å²) in [6, 6.07) is 3.16. The van der Waals surface area contributed by atoms with Crippen molar-refractivity contribution in [3.8, 4) is 0 Å². The normalized spacial score (nSPS) is 12.2. The molecule has 1 aromatic rings. The van der Waals surface area contributed by atoms with Gasteiger partial charge in [-0.1, -0.05) is 6.07 Å². The number of aryl methyl sites for hydroxylation is 1. The second-order valence-corrected chi connectivity index (χ2v) is 3.10. The molecule has 4 heteroatoms. The predicted molar refractivity (Wildman–Crippen MR) is 52.7 cm³/mol. The molecular formula is C10H14N2O2. The number of nitrogens with zero attached hydrogens (tertiary/aromatic N) is 1. The summed E-state index contributed by atoms with van der Waals surface area (Å²) in [6.07, 6.45) is 2.10. The van der Waals surface area contributed by atoms with Crippen LogP contribution in [0.4, 0.5) is 0 Å². The summed E-state index contributed by atoms with van der Waals surface area (Å²) in [5, 5.41) is 0. The third kappa shape index (κ3) is 2.53. The third-order valence-corrected chi connectivity index (χ3v) is 2.04. The van der Waals surface area contributed by atoms with Gasteiger partial charge in [-0.3, -0.25) is 9.78 Å². The van der Waals surface area contributed by atoms with Crippen LogP contribution in [0.5, 0.6) is 0 Å². The van der Waals surface area contributed by atoms with Gasteiger partial charge in [-0.15, -0.1) is 0 Å². The van der Waals surface area contributed by atoms with E-state index < -0.39 is 12.0 Å². The molecular weight excluding hydrogens is 180 g/mol. The van der Waals surface area contributed by atoms with Gasteiger partial charge in [0.2, 0.25) is 0 Å². The Morgan fingerprint density at radius 3 is 3.00 bits per heavy atom. The van der Waals surface area contributed by atoms with Crippen LogP contribution in [0.3, 0.4) is 0 Å². The first-order chi connectivity index (χ1) is 6.65. The number of methoxy groups -OCH3 is 1. The molecule has 0 spiro atoms. The third-order valence-electron chi connectivity index (χ3n) is 2.04. The fourth-order valence-electron chi connectivity index (χ4n) is 1.18. The zero-order chi connectivity index (χ0) is 10.6. The van der Waals surface area contributed by atoms with E-state index in [4.69, 9.17) is 5.73 Å². The van der Waals surface area contributed by atoms with Crippen molar-refractivity contribution in [2.24, 2.45) is 5.73 Å². The van der Waals surface area contributed by atoms with Gasteiger partial charge in [0, 0.05) is 18.3 Å². The Labute approximate surface area is 83.1 Å². The Morgan fingerprint density at radius 1 is 1.71 bits per heavy atom. The lowest BCUT2D eigenvalue weighted by Gasteiger charge is -2.09. The van der Waals surface area contributed by atoms with Crippen molar-refractivity contribution >= 4 is 5.97 Å². The van der Waals surface area contributed by atoms with Crippen molar-refractivity contribution in [3.05, 3.63) is 29.6 Å². The molecule has 0 radical (unpaired) electrons. The lowest BCUT2D eigenvalue weighted by atomic mass is 10.1. The van der Waals surface area contributed by atoms with Crippen molar-refractivity contribution in [3.63, 3.8) is 0 Å². The van der Waals surface area contributed by atoms with Crippen LogP contribution < -0.4 is 5.73 Å². The van der Waals surface area contributed by atoms with E-state index in [-0.39, 0.29) is 0 Å². The topological polar surface area (TPSA) is 65.2 Å². The molecule has 0 aliphatic carbocycles. The SMILES string of the molecule is COC(=O)[C@@H](N)Cc1ncccc1C. The second kappa shape index (κ2) is 4.72. The number of pyridine rings is 1. The predicted octanol–water partition coefficient (Wildman–Crippen LogP) is 0.433. The van der Waals surface area contributed by atoms with Crippen molar-refractivity contribution in [1.82, 2.24) is 4.98 Å². The fraction of sp³-hybridized carbons (Fsp3) is 0.400. The standard InChI is InChI=1S/C10H14N2O2/c1-7-4-3-5-12-9(7)6-8(11)10(13)14-2/h3-5,8H,6,11H2,1-2H3/t8-/m0/s1. The molecule has 0 aromatic carbocycles. The maximum atomic E-state index is 11.1. The molecule has 0 aliphatic heterocycles. The van der Waals surface area contributed by atoms with E-state index in [2.05, 4.69) is 9.72 Å². The van der Waals surface area contributed by atoms with E-state index in [1.54, 1.807) is 6.20 Å². The minimum absolute atomic E-state index is 0.407. The molecule has 1 rings (SSSR count). The van der Waals surface area contributed by atoms with Crippen LogP contribution in [0.2, 0.25) is 0 Å². The van der Waals surface area contributed by atoms with Gasteiger partial charge < -0.3 is 10.5 Å². The van der Waals surface area contributed by atoms with E-state index in [1.807, 2.05) is 19.1 Å². The van der Waals surface area contributed by atoms with Gasteiger partial charge in [0.15, 0.2) is 0 Å². The number of ether oxygens (including phenoxy) is 1. The minimum atomic E-state index is -0.631. The number of hydrogen-bond donors (Lipinski definition) is 1. The Kier molecular flexibility index (Phi) is 3.59. The summed E-state index contributed by atoms with van der Waals surface area (Å²) in [7, 11) is 1.33. The zero-order valence-electron chi connectivity index (χ0n) is 8.36. The lowest BCUT2D eigenvalue weighted by Crippen LogP contribution is -2.34. The van der Waals surface area contributed by atoms with Gasteiger partial charge in [-0.25, -0.2) is 0 Å². The molecule has 0 fully saturated rings. The first-order valence-corrected chi connectivity index (χ1v) is 4.39. The Morgan fingerprint density at radius 2 is 2.43 bits per heavy atom. The summed E-state index contributed by atoms with van der Waals surface area (Å²) in [5.41, 5.74) is 7.49. The summed E-state index contributed by atoms with van der Waals surface area (Å²) < 4.78 is 4.53. The Hall–Kier alpha value is -1.42. The average molecular weight is 194 g/mol. The summed E-state index contributed by atoms with van der Waals surface area (Å²) >= 11 is 0. The van der Waals surface area contributed by atoms with Crippen molar-refractivity contribution in [2.75, 3.05) is 7.11 Å². The quantitative estimate of drug-likeness (QED) is 0.709. The van der Waals surface area contributed by atoms with Crippen LogP contribution in [0, 0.1) is 6.92 Å². The van der Waals surface area contributed by atoms with Crippen molar-refractivity contribution < 1.29 is 9.53 Å². The molecule has 76 valence electrons. The van der Waals surface area contributed by atoms with E-state index in [0.29, 0.717) is 6.42 Å². The Bertz CT molecular complexity index is 326. The summed E-state index contributed by atoms with van der Waals surface area (Å²) in [5.74, 6) is -0.407. The lowest BCUT2D eigenvalue weighted by molar-refractivity contribution is -0.142. The molecule has 0 saturated carbocycles. The fourth-order valence-corrected chi connectivity index (χ4v) is 1.18. The second-order valence-electron chi connectivity index (χ2n) is 3.10. The van der Waals surface area contributed by atoms with Crippen LogP contribution in [0.1, 0.15) is 11.3 Å². The first kappa shape index (κ1) is 10.7. The van der Waals surface area contributed by atoms with Crippen LogP contribution in [-0.2, 0) is 16.0 Å². The maximum absolute atomic E-state index is 11.1. The van der Waals surface area contributed by atoms with Crippen molar-refractivity contribution in [1.29, 1.82) is 0 Å². The summed E-state index contributed by atoms with van der Waals surface area (Å²) in [6.45, 7) is 1.94. The number of esters is 1. The molecule has 0 aliphatic rings. The molecule has 1 aromatic heterocycles. The molecule has 14 heavy (non-hydrogen) atoms. The average Bonchev–Trinajstić information content (AvgIpc) is 2.20. The van der Waals surface area contributed by atoms with Crippen LogP contribution >= 0.6 is 0 Å². The number of carbonyl (C=O) groups is 1. The Balaban J connectivity index is 2.69. The number of nitrogens with two attached hydrogens (primary N) is 1. The first-order valence-electron chi connectivity index (χ1n) is 4.39. The smallest absolute Gasteiger partial charge is 0.323 e. The van der Waals surface area contributed by atoms with Gasteiger partial charge >= 0.3 is 5.97 Å². The molecule has 4 nitrogen and oxygen atoms in total. The van der Waals surface area contributed by atoms with Crippen LogP contribution in [0.15, 0.2) is 18.3 Å². The maximum Gasteiger partial charge on any atom is 0.323 e. The number of aromatic nitrogens is 1. The van der Waals surface area contributed by atoms with Crippen molar-refractivity contribution in [2.45, 2.75) is 19.4 Å². The van der Waals surface area contributed by atoms with Gasteiger partial charge in [0.25, 0.3) is 0 Å². The van der Waals surface area contributed by atoms with E-state index in [0.717, 1.165) is 11.3 Å². The number of rotatable bonds is 3. The molecule has 1 atom stereocenters. The largest absolute Gasteiger partial charge is 0.468 e. The monoisotopic (exact) mass is 194 g/mol. The van der Waals surface area contributed by atoms with Crippen LogP contribution in [0.25, 0.3) is 0 Å². The van der Waals surface area contributed by atoms with Crippen LogP contribution in [-0.4, -0.2) is 24.1 Å². The molecule has 0 unspecified atom stereocenters. The van der Waals surface area contributed by atoms with E-state index in [9.17, 15) is 4.79 Å². The number of carbonyl (C=O) groups excluding carboxylic acids is 1. The molecule has 2 N–H and O–H groups in total. The van der Waals surface area contributed by atoms with Gasteiger partial charge in [0.1, 0.15) is 6.04 Å². The highest BCUT2D eigenvalue weighted by Gasteiger charge is 2.15. The van der Waals surface area contributed by atoms with E-state index in [1.165, 1.54) is 7.11 Å². The minimum Gasteiger partial charge on any atom is -0.468 e. The highest BCUT2D eigenvalue weighted by molar-refractivity contribution is 5.75. The van der Waals surface area contributed by atoms with E-state index >= 15 is 0 Å². The molecule has 0 saturated heterocycles. The highest BCUT2D eigenvalue weighted by atomic mass is 16.5. The molecule has 1 heterocycles. The molecule has 0 amide bonds. The van der Waals surface area contributed by atoms with Gasteiger partial charge in [-0.2, -0.15) is 0 Å². The highest BCUT2D eigenvalue weighted by Crippen LogP contribution is 2.05. The van der Waals surface area contributed by atoms with Gasteiger partial charge in [0.05, 0.1) is 7.11 Å².